The summed E-state index contributed by atoms with van der Waals surface area (Å²) in [5.74, 6) is 0.276. The molecular formula is C9H16N4O2S. The summed E-state index contributed by atoms with van der Waals surface area (Å²) in [5, 5.41) is 17.6. The molecule has 0 spiro atoms. The summed E-state index contributed by atoms with van der Waals surface area (Å²) < 4.78 is 0.617. The number of nitrogens with zero attached hydrogens (tertiary/aromatic N) is 2. The number of hydrogen-bond donors (Lipinski definition) is 2. The highest BCUT2D eigenvalue weighted by molar-refractivity contribution is 7.51. The fourth-order valence-electron chi connectivity index (χ4n) is 1.53. The molecule has 0 fully saturated rings. The Hall–Kier alpha value is -0.920. The third-order valence-electron chi connectivity index (χ3n) is 2.42. The van der Waals surface area contributed by atoms with E-state index in [1.54, 1.807) is 6.08 Å². The lowest BCUT2D eigenvalue weighted by Crippen LogP contribution is -3.04. The van der Waals surface area contributed by atoms with Crippen LogP contribution in [0.5, 0.6) is 0 Å². The lowest BCUT2D eigenvalue weighted by molar-refractivity contribution is -0.764. The molecule has 1 aliphatic rings. The largest absolute Gasteiger partial charge is 0.462 e. The van der Waals surface area contributed by atoms with Crippen LogP contribution in [-0.2, 0) is 12.8 Å². The van der Waals surface area contributed by atoms with E-state index < -0.39 is 0 Å². The summed E-state index contributed by atoms with van der Waals surface area (Å²) in [4.78, 5) is 10.2. The monoisotopic (exact) mass is 244 g/mol. The van der Waals surface area contributed by atoms with E-state index in [0.29, 0.717) is 29.6 Å². The number of allylic oxidation sites excluding steroid dienone is 2. The van der Waals surface area contributed by atoms with Gasteiger partial charge in [-0.05, 0) is 26.0 Å². The Kier molecular flexibility index (Phi) is 5.44. The number of nitrogens with one attached hydrogen (secondary N) is 2. The standard InChI is InChI=1S/C9H16N4O2S/c1-10-7-12(16)11-6-8-2-4-9(5-3-8)13(14)15/h4,6,8,10,12H,2-3,5,7H2,1H3/b11-6+. The van der Waals surface area contributed by atoms with E-state index in [1.165, 1.54) is 0 Å². The van der Waals surface area contributed by atoms with Gasteiger partial charge in [-0.3, -0.25) is 15.4 Å². The van der Waals surface area contributed by atoms with E-state index in [1.807, 2.05) is 13.3 Å². The summed E-state index contributed by atoms with van der Waals surface area (Å²) in [7, 11) is 1.81. The van der Waals surface area contributed by atoms with Gasteiger partial charge in [-0.1, -0.05) is 0 Å². The lowest BCUT2D eigenvalue weighted by atomic mass is 9.94. The first-order valence-corrected chi connectivity index (χ1v) is 5.59. The molecular weight excluding hydrogens is 228 g/mol. The minimum absolute atomic E-state index is 0.276. The highest BCUT2D eigenvalue weighted by Crippen LogP contribution is 2.21. The van der Waals surface area contributed by atoms with Crippen LogP contribution in [0.3, 0.4) is 0 Å². The van der Waals surface area contributed by atoms with Gasteiger partial charge in [0.25, 0.3) is 0 Å². The van der Waals surface area contributed by atoms with Crippen molar-refractivity contribution in [2.75, 3.05) is 13.7 Å². The SMILES string of the molecule is CNC[NH+]([S-])/N=C/C1CC=C([N+](=O)[O-])CC1. The first-order chi connectivity index (χ1) is 7.63. The lowest BCUT2D eigenvalue weighted by Gasteiger charge is -2.17. The van der Waals surface area contributed by atoms with Gasteiger partial charge in [0.15, 0.2) is 0 Å². The van der Waals surface area contributed by atoms with Crippen molar-refractivity contribution in [2.45, 2.75) is 19.3 Å². The average molecular weight is 244 g/mol. The predicted molar refractivity (Wildman–Crippen MR) is 63.2 cm³/mol. The van der Waals surface area contributed by atoms with Crippen molar-refractivity contribution < 1.29 is 9.34 Å². The summed E-state index contributed by atoms with van der Waals surface area (Å²) in [6.07, 6.45) is 5.47. The van der Waals surface area contributed by atoms with Gasteiger partial charge in [0, 0.05) is 12.3 Å². The van der Waals surface area contributed by atoms with Crippen molar-refractivity contribution in [3.8, 4) is 0 Å². The second-order valence-electron chi connectivity index (χ2n) is 3.69. The molecule has 0 amide bonds. The number of hydrogen-bond acceptors (Lipinski definition) is 5. The van der Waals surface area contributed by atoms with Gasteiger partial charge in [0.2, 0.25) is 5.70 Å². The topological polar surface area (TPSA) is 72.0 Å². The van der Waals surface area contributed by atoms with Crippen LogP contribution in [0.2, 0.25) is 0 Å². The van der Waals surface area contributed by atoms with Crippen molar-refractivity contribution in [1.82, 2.24) is 5.32 Å². The molecule has 0 aromatic rings. The van der Waals surface area contributed by atoms with Crippen LogP contribution in [0.1, 0.15) is 19.3 Å². The van der Waals surface area contributed by atoms with Gasteiger partial charge in [-0.25, -0.2) is 0 Å². The zero-order valence-corrected chi connectivity index (χ0v) is 10.00. The van der Waals surface area contributed by atoms with Crippen LogP contribution in [0.15, 0.2) is 16.9 Å². The Morgan fingerprint density at radius 1 is 1.88 bits per heavy atom. The van der Waals surface area contributed by atoms with Crippen molar-refractivity contribution in [3.05, 3.63) is 21.9 Å². The van der Waals surface area contributed by atoms with Gasteiger partial charge in [0.1, 0.15) is 6.67 Å². The van der Waals surface area contributed by atoms with E-state index in [2.05, 4.69) is 10.4 Å². The van der Waals surface area contributed by atoms with Crippen LogP contribution >= 0.6 is 0 Å². The molecule has 1 aliphatic carbocycles. The molecule has 7 heteroatoms. The maximum Gasteiger partial charge on any atom is 0.242 e. The minimum Gasteiger partial charge on any atom is -0.462 e. The smallest absolute Gasteiger partial charge is 0.242 e. The van der Waals surface area contributed by atoms with E-state index in [-0.39, 0.29) is 10.8 Å². The van der Waals surface area contributed by atoms with Crippen LogP contribution in [0.4, 0.5) is 0 Å². The molecule has 2 N–H and O–H groups in total. The van der Waals surface area contributed by atoms with E-state index in [9.17, 15) is 10.1 Å². The van der Waals surface area contributed by atoms with Gasteiger partial charge >= 0.3 is 0 Å². The summed E-state index contributed by atoms with van der Waals surface area (Å²) in [6.45, 7) is 0.592. The molecule has 0 aromatic heterocycles. The van der Waals surface area contributed by atoms with Gasteiger partial charge in [-0.2, -0.15) is 0 Å². The summed E-state index contributed by atoms with van der Waals surface area (Å²) in [5.41, 5.74) is 0.322. The zero-order chi connectivity index (χ0) is 12.0. The molecule has 0 bridgehead atoms. The molecule has 0 heterocycles. The Morgan fingerprint density at radius 2 is 2.62 bits per heavy atom. The molecule has 16 heavy (non-hydrogen) atoms. The molecule has 0 aliphatic heterocycles. The fourth-order valence-corrected chi connectivity index (χ4v) is 1.73. The Morgan fingerprint density at radius 3 is 3.12 bits per heavy atom. The van der Waals surface area contributed by atoms with Crippen molar-refractivity contribution in [3.63, 3.8) is 0 Å². The molecule has 0 radical (unpaired) electrons. The van der Waals surface area contributed by atoms with Gasteiger partial charge in [0.05, 0.1) is 11.1 Å². The average Bonchev–Trinajstić information content (AvgIpc) is 2.27. The first-order valence-electron chi connectivity index (χ1n) is 5.18. The Labute approximate surface area is 100 Å². The van der Waals surface area contributed by atoms with E-state index in [0.717, 1.165) is 6.42 Å². The molecule has 6 nitrogen and oxygen atoms in total. The highest BCUT2D eigenvalue weighted by atomic mass is 32.1. The van der Waals surface area contributed by atoms with Crippen molar-refractivity contribution in [2.24, 2.45) is 11.0 Å². The number of quaternary nitrogens is 1. The third-order valence-corrected chi connectivity index (χ3v) is 2.67. The maximum atomic E-state index is 10.5. The first kappa shape index (κ1) is 13.1. The van der Waals surface area contributed by atoms with Crippen LogP contribution in [-0.4, -0.2) is 24.9 Å². The Bertz CT molecular complexity index is 306. The molecule has 0 saturated carbocycles. The molecule has 1 rings (SSSR count). The quantitative estimate of drug-likeness (QED) is 0.224. The normalized spacial score (nSPS) is 23.1. The number of rotatable bonds is 5. The number of nitro groups is 1. The fraction of sp³-hybridized carbons (Fsp3) is 0.667. The second-order valence-corrected chi connectivity index (χ2v) is 4.16. The van der Waals surface area contributed by atoms with E-state index >= 15 is 0 Å². The molecule has 2 unspecified atom stereocenters. The van der Waals surface area contributed by atoms with Crippen LogP contribution < -0.4 is 9.73 Å². The molecule has 0 aromatic carbocycles. The van der Waals surface area contributed by atoms with Gasteiger partial charge in [-0.15, -0.1) is 5.10 Å². The summed E-state index contributed by atoms with van der Waals surface area (Å²) >= 11 is 5.00. The molecule has 2 atom stereocenters. The summed E-state index contributed by atoms with van der Waals surface area (Å²) in [6, 6.07) is 0. The maximum absolute atomic E-state index is 10.5. The van der Waals surface area contributed by atoms with Crippen LogP contribution in [0.25, 0.3) is 0 Å². The second kappa shape index (κ2) is 6.62. The third kappa shape index (κ3) is 4.30. The van der Waals surface area contributed by atoms with Crippen molar-refractivity contribution in [1.29, 1.82) is 0 Å². The highest BCUT2D eigenvalue weighted by Gasteiger charge is 2.19. The van der Waals surface area contributed by atoms with Crippen molar-refractivity contribution >= 4 is 19.0 Å². The minimum atomic E-state index is -0.307. The predicted octanol–water partition coefficient (Wildman–Crippen LogP) is -0.543. The van der Waals surface area contributed by atoms with Gasteiger partial charge < -0.3 is 17.2 Å². The molecule has 90 valence electrons. The Balaban J connectivity index is 2.40. The van der Waals surface area contributed by atoms with Crippen LogP contribution in [0, 0.1) is 16.0 Å². The molecule has 0 saturated heterocycles. The zero-order valence-electron chi connectivity index (χ0n) is 9.18. The van der Waals surface area contributed by atoms with E-state index in [4.69, 9.17) is 12.8 Å².